The third-order valence-corrected chi connectivity index (χ3v) is 4.10. The van der Waals surface area contributed by atoms with Crippen molar-refractivity contribution >= 4 is 6.03 Å². The molecule has 0 aromatic carbocycles. The number of aliphatic hydroxyl groups excluding tert-OH is 1. The number of pyridine rings is 1. The van der Waals surface area contributed by atoms with E-state index in [2.05, 4.69) is 17.2 Å². The number of aliphatic hydroxyl groups is 1. The van der Waals surface area contributed by atoms with Gasteiger partial charge in [-0.1, -0.05) is 6.92 Å². The van der Waals surface area contributed by atoms with Gasteiger partial charge in [-0.2, -0.15) is 0 Å². The average molecular weight is 291 g/mol. The molecule has 0 saturated carbocycles. The van der Waals surface area contributed by atoms with Crippen molar-refractivity contribution in [3.05, 3.63) is 29.6 Å². The molecule has 1 atom stereocenters. The summed E-state index contributed by atoms with van der Waals surface area (Å²) in [6.07, 6.45) is 5.60. The molecule has 2 heterocycles. The number of nitrogens with one attached hydrogen (secondary N) is 1. The largest absolute Gasteiger partial charge is 0.396 e. The van der Waals surface area contributed by atoms with Gasteiger partial charge in [0, 0.05) is 25.9 Å². The van der Waals surface area contributed by atoms with E-state index in [0.717, 1.165) is 44.5 Å². The van der Waals surface area contributed by atoms with Crippen LogP contribution >= 0.6 is 0 Å². The van der Waals surface area contributed by atoms with Crippen LogP contribution in [-0.4, -0.2) is 40.7 Å². The van der Waals surface area contributed by atoms with Crippen LogP contribution in [0.5, 0.6) is 0 Å². The zero-order chi connectivity index (χ0) is 15.1. The number of likely N-dealkylation sites (tertiary alicyclic amines) is 1. The molecule has 0 aliphatic carbocycles. The Morgan fingerprint density at radius 2 is 2.33 bits per heavy atom. The maximum atomic E-state index is 12.2. The highest BCUT2D eigenvalue weighted by Crippen LogP contribution is 2.16. The van der Waals surface area contributed by atoms with E-state index in [0.29, 0.717) is 12.5 Å². The molecule has 2 rings (SSSR count). The lowest BCUT2D eigenvalue weighted by atomic mass is 10.0. The number of hydrogen-bond acceptors (Lipinski definition) is 3. The maximum absolute atomic E-state index is 12.2. The van der Waals surface area contributed by atoms with Crippen molar-refractivity contribution in [2.24, 2.45) is 5.92 Å². The highest BCUT2D eigenvalue weighted by molar-refractivity contribution is 5.74. The molecule has 1 fully saturated rings. The van der Waals surface area contributed by atoms with E-state index in [1.165, 1.54) is 5.56 Å². The summed E-state index contributed by atoms with van der Waals surface area (Å²) in [6, 6.07) is 4.00. The van der Waals surface area contributed by atoms with Crippen molar-refractivity contribution in [2.45, 2.75) is 39.2 Å². The van der Waals surface area contributed by atoms with Gasteiger partial charge in [0.1, 0.15) is 0 Å². The molecule has 1 saturated heterocycles. The van der Waals surface area contributed by atoms with Gasteiger partial charge in [-0.25, -0.2) is 4.79 Å². The summed E-state index contributed by atoms with van der Waals surface area (Å²) in [6.45, 7) is 4.28. The fraction of sp³-hybridized carbons (Fsp3) is 0.625. The molecular weight excluding hydrogens is 266 g/mol. The second-order valence-corrected chi connectivity index (χ2v) is 5.63. The number of aryl methyl sites for hydroxylation is 1. The molecule has 5 nitrogen and oxygen atoms in total. The van der Waals surface area contributed by atoms with Crippen LogP contribution in [0, 0.1) is 5.92 Å². The Morgan fingerprint density at radius 3 is 3.10 bits per heavy atom. The van der Waals surface area contributed by atoms with Gasteiger partial charge in [0.2, 0.25) is 0 Å². The highest BCUT2D eigenvalue weighted by atomic mass is 16.3. The molecule has 1 aliphatic heterocycles. The van der Waals surface area contributed by atoms with E-state index in [4.69, 9.17) is 0 Å². The summed E-state index contributed by atoms with van der Waals surface area (Å²) in [5.41, 5.74) is 2.13. The predicted molar refractivity (Wildman–Crippen MR) is 81.9 cm³/mol. The lowest BCUT2D eigenvalue weighted by molar-refractivity contribution is 0.192. The van der Waals surface area contributed by atoms with E-state index >= 15 is 0 Å². The van der Waals surface area contributed by atoms with E-state index in [1.807, 2.05) is 17.0 Å². The van der Waals surface area contributed by atoms with Crippen molar-refractivity contribution in [2.75, 3.05) is 19.7 Å². The average Bonchev–Trinajstić information content (AvgIpc) is 2.78. The Morgan fingerprint density at radius 1 is 1.48 bits per heavy atom. The second-order valence-electron chi connectivity index (χ2n) is 5.63. The first-order valence-electron chi connectivity index (χ1n) is 7.80. The zero-order valence-electron chi connectivity index (χ0n) is 12.7. The van der Waals surface area contributed by atoms with Gasteiger partial charge >= 0.3 is 6.03 Å². The standard InChI is InChI=1S/C16H25N3O2/c1-2-13-5-7-17-15(10-13)11-18-16(21)19-8-3-4-14(12-20)6-9-19/h5,7,10,14,20H,2-4,6,8-9,11-12H2,1H3,(H,18,21). The van der Waals surface area contributed by atoms with Crippen LogP contribution in [0.25, 0.3) is 0 Å². The monoisotopic (exact) mass is 291 g/mol. The zero-order valence-corrected chi connectivity index (χ0v) is 12.7. The minimum atomic E-state index is -0.0303. The van der Waals surface area contributed by atoms with Crippen molar-refractivity contribution < 1.29 is 9.90 Å². The Hall–Kier alpha value is -1.62. The van der Waals surface area contributed by atoms with Crippen LogP contribution in [0.3, 0.4) is 0 Å². The van der Waals surface area contributed by atoms with E-state index in [9.17, 15) is 9.90 Å². The lowest BCUT2D eigenvalue weighted by Gasteiger charge is -2.21. The number of urea groups is 1. The lowest BCUT2D eigenvalue weighted by Crippen LogP contribution is -2.40. The number of rotatable bonds is 4. The first kappa shape index (κ1) is 15.8. The third-order valence-electron chi connectivity index (χ3n) is 4.10. The molecule has 0 spiro atoms. The number of amides is 2. The van der Waals surface area contributed by atoms with Crippen LogP contribution in [0.1, 0.15) is 37.4 Å². The SMILES string of the molecule is CCc1ccnc(CNC(=O)N2CCCC(CO)CC2)c1. The summed E-state index contributed by atoms with van der Waals surface area (Å²) in [4.78, 5) is 18.3. The summed E-state index contributed by atoms with van der Waals surface area (Å²) in [7, 11) is 0. The van der Waals surface area contributed by atoms with Crippen molar-refractivity contribution in [1.82, 2.24) is 15.2 Å². The van der Waals surface area contributed by atoms with Crippen molar-refractivity contribution in [3.8, 4) is 0 Å². The van der Waals surface area contributed by atoms with Crippen LogP contribution in [0.4, 0.5) is 4.79 Å². The number of carbonyl (C=O) groups excluding carboxylic acids is 1. The number of nitrogens with zero attached hydrogens (tertiary/aromatic N) is 2. The summed E-state index contributed by atoms with van der Waals surface area (Å²) in [5.74, 6) is 0.339. The first-order chi connectivity index (χ1) is 10.2. The minimum absolute atomic E-state index is 0.0303. The molecule has 21 heavy (non-hydrogen) atoms. The summed E-state index contributed by atoms with van der Waals surface area (Å²) < 4.78 is 0. The van der Waals surface area contributed by atoms with Crippen LogP contribution in [0.2, 0.25) is 0 Å². The molecule has 1 aromatic heterocycles. The molecule has 2 amide bonds. The normalized spacial score (nSPS) is 19.1. The van der Waals surface area contributed by atoms with Gasteiger partial charge in [-0.15, -0.1) is 0 Å². The van der Waals surface area contributed by atoms with Crippen molar-refractivity contribution in [3.63, 3.8) is 0 Å². The fourth-order valence-electron chi connectivity index (χ4n) is 2.67. The summed E-state index contributed by atoms with van der Waals surface area (Å²) >= 11 is 0. The van der Waals surface area contributed by atoms with Gasteiger partial charge in [0.25, 0.3) is 0 Å². The molecule has 0 bridgehead atoms. The maximum Gasteiger partial charge on any atom is 0.317 e. The van der Waals surface area contributed by atoms with Crippen molar-refractivity contribution in [1.29, 1.82) is 0 Å². The number of hydrogen-bond donors (Lipinski definition) is 2. The van der Waals surface area contributed by atoms with Crippen LogP contribution in [-0.2, 0) is 13.0 Å². The quantitative estimate of drug-likeness (QED) is 0.891. The second kappa shape index (κ2) is 7.98. The topological polar surface area (TPSA) is 65.5 Å². The molecular formula is C16H25N3O2. The first-order valence-corrected chi connectivity index (χ1v) is 7.80. The van der Waals surface area contributed by atoms with E-state index in [-0.39, 0.29) is 12.6 Å². The Labute approximate surface area is 126 Å². The molecule has 1 aromatic rings. The molecule has 116 valence electrons. The molecule has 0 radical (unpaired) electrons. The predicted octanol–water partition coefficient (Wildman–Crippen LogP) is 1.95. The number of carbonyl (C=O) groups is 1. The smallest absolute Gasteiger partial charge is 0.317 e. The van der Waals surface area contributed by atoms with E-state index < -0.39 is 0 Å². The van der Waals surface area contributed by atoms with Crippen LogP contribution < -0.4 is 5.32 Å². The Bertz CT molecular complexity index is 465. The van der Waals surface area contributed by atoms with Gasteiger partial charge in [0.15, 0.2) is 0 Å². The van der Waals surface area contributed by atoms with E-state index in [1.54, 1.807) is 6.20 Å². The Kier molecular flexibility index (Phi) is 5.99. The highest BCUT2D eigenvalue weighted by Gasteiger charge is 2.19. The van der Waals surface area contributed by atoms with Crippen LogP contribution in [0.15, 0.2) is 18.3 Å². The molecule has 5 heteroatoms. The molecule has 1 unspecified atom stereocenters. The molecule has 2 N–H and O–H groups in total. The minimum Gasteiger partial charge on any atom is -0.396 e. The third kappa shape index (κ3) is 4.70. The Balaban J connectivity index is 1.83. The number of aromatic nitrogens is 1. The van der Waals surface area contributed by atoms with Gasteiger partial charge in [0.05, 0.1) is 12.2 Å². The van der Waals surface area contributed by atoms with Gasteiger partial charge in [-0.05, 0) is 49.3 Å². The van der Waals surface area contributed by atoms with Gasteiger partial charge < -0.3 is 15.3 Å². The fourth-order valence-corrected chi connectivity index (χ4v) is 2.67. The molecule has 1 aliphatic rings. The van der Waals surface area contributed by atoms with Gasteiger partial charge in [-0.3, -0.25) is 4.98 Å². The summed E-state index contributed by atoms with van der Waals surface area (Å²) in [5, 5.41) is 12.2.